The van der Waals surface area contributed by atoms with Crippen LogP contribution in [0.5, 0.6) is 0 Å². The summed E-state index contributed by atoms with van der Waals surface area (Å²) in [5.74, 6) is -1.05. The van der Waals surface area contributed by atoms with Gasteiger partial charge >= 0.3 is 0 Å². The van der Waals surface area contributed by atoms with Crippen LogP contribution in [-0.4, -0.2) is 17.7 Å². The van der Waals surface area contributed by atoms with E-state index in [0.717, 1.165) is 4.90 Å². The Morgan fingerprint density at radius 2 is 1.82 bits per heavy atom. The summed E-state index contributed by atoms with van der Waals surface area (Å²) in [6.07, 6.45) is 0.101. The van der Waals surface area contributed by atoms with Gasteiger partial charge in [0.2, 0.25) is 11.8 Å². The molecular formula is C11H8Cl3NO2. The van der Waals surface area contributed by atoms with Crippen LogP contribution in [0.3, 0.4) is 0 Å². The zero-order valence-corrected chi connectivity index (χ0v) is 10.9. The SMILES string of the molecule is O=C1CC(CCl)C(=O)N1c1c(Cl)cccc1Cl. The third-order valence-electron chi connectivity index (χ3n) is 2.59. The Balaban J connectivity index is 2.47. The molecule has 1 heterocycles. The van der Waals surface area contributed by atoms with Gasteiger partial charge in [-0.05, 0) is 12.1 Å². The van der Waals surface area contributed by atoms with Crippen LogP contribution in [0.1, 0.15) is 6.42 Å². The third kappa shape index (κ3) is 2.15. The lowest BCUT2D eigenvalue weighted by atomic mass is 10.1. The number of halogens is 3. The lowest BCUT2D eigenvalue weighted by Gasteiger charge is -2.17. The Morgan fingerprint density at radius 1 is 1.24 bits per heavy atom. The van der Waals surface area contributed by atoms with E-state index < -0.39 is 5.92 Å². The number of imide groups is 1. The summed E-state index contributed by atoms with van der Waals surface area (Å²) < 4.78 is 0. The summed E-state index contributed by atoms with van der Waals surface area (Å²) in [6, 6.07) is 4.81. The zero-order valence-electron chi connectivity index (χ0n) is 8.62. The average Bonchev–Trinajstić information content (AvgIpc) is 2.56. The van der Waals surface area contributed by atoms with E-state index in [2.05, 4.69) is 0 Å². The number of para-hydroxylation sites is 1. The first-order valence-corrected chi connectivity index (χ1v) is 6.22. The monoisotopic (exact) mass is 291 g/mol. The van der Waals surface area contributed by atoms with Gasteiger partial charge in [-0.25, -0.2) is 4.90 Å². The molecule has 3 nitrogen and oxygen atoms in total. The highest BCUT2D eigenvalue weighted by atomic mass is 35.5. The van der Waals surface area contributed by atoms with Gasteiger partial charge in [0, 0.05) is 12.3 Å². The maximum Gasteiger partial charge on any atom is 0.238 e. The van der Waals surface area contributed by atoms with Crippen LogP contribution >= 0.6 is 34.8 Å². The van der Waals surface area contributed by atoms with Crippen molar-refractivity contribution in [1.29, 1.82) is 0 Å². The first kappa shape index (κ1) is 12.7. The lowest BCUT2D eigenvalue weighted by molar-refractivity contribution is -0.122. The predicted octanol–water partition coefficient (Wildman–Crippen LogP) is 3.11. The summed E-state index contributed by atoms with van der Waals surface area (Å²) in [5, 5.41) is 0.545. The second-order valence-electron chi connectivity index (χ2n) is 3.69. The number of alkyl halides is 1. The van der Waals surface area contributed by atoms with Crippen LogP contribution in [0, 0.1) is 5.92 Å². The highest BCUT2D eigenvalue weighted by molar-refractivity contribution is 6.42. The van der Waals surface area contributed by atoms with Crippen molar-refractivity contribution in [3.05, 3.63) is 28.2 Å². The molecular weight excluding hydrogens is 284 g/mol. The minimum absolute atomic E-state index is 0.101. The van der Waals surface area contributed by atoms with Crippen molar-refractivity contribution in [2.24, 2.45) is 5.92 Å². The van der Waals surface area contributed by atoms with Crippen molar-refractivity contribution < 1.29 is 9.59 Å². The van der Waals surface area contributed by atoms with Crippen molar-refractivity contribution >= 4 is 52.3 Å². The van der Waals surface area contributed by atoms with Crippen LogP contribution < -0.4 is 4.90 Å². The predicted molar refractivity (Wildman–Crippen MR) is 67.8 cm³/mol. The standard InChI is InChI=1S/C11H8Cl3NO2/c12-5-6-4-9(16)15(11(6)17)10-7(13)2-1-3-8(10)14/h1-3,6H,4-5H2. The van der Waals surface area contributed by atoms with E-state index in [1.807, 2.05) is 0 Å². The van der Waals surface area contributed by atoms with Crippen LogP contribution in [-0.2, 0) is 9.59 Å². The minimum atomic E-state index is -0.489. The van der Waals surface area contributed by atoms with Gasteiger partial charge in [-0.1, -0.05) is 29.3 Å². The van der Waals surface area contributed by atoms with Crippen molar-refractivity contribution in [3.63, 3.8) is 0 Å². The molecule has 0 spiro atoms. The molecule has 0 radical (unpaired) electrons. The minimum Gasteiger partial charge on any atom is -0.274 e. The fourth-order valence-corrected chi connectivity index (χ4v) is 2.56. The molecule has 1 saturated heterocycles. The van der Waals surface area contributed by atoms with Gasteiger partial charge in [-0.15, -0.1) is 11.6 Å². The first-order valence-electron chi connectivity index (χ1n) is 4.93. The maximum absolute atomic E-state index is 12.0. The Bertz CT molecular complexity index is 469. The Labute approximate surface area is 113 Å². The number of nitrogens with zero attached hydrogens (tertiary/aromatic N) is 1. The van der Waals surface area contributed by atoms with Gasteiger partial charge in [0.15, 0.2) is 0 Å². The molecule has 2 rings (SSSR count). The fraction of sp³-hybridized carbons (Fsp3) is 0.273. The van der Waals surface area contributed by atoms with Gasteiger partial charge in [0.1, 0.15) is 0 Å². The van der Waals surface area contributed by atoms with Crippen LogP contribution in [0.2, 0.25) is 10.0 Å². The van der Waals surface area contributed by atoms with E-state index in [-0.39, 0.29) is 39.8 Å². The van der Waals surface area contributed by atoms with E-state index >= 15 is 0 Å². The molecule has 0 bridgehead atoms. The summed E-state index contributed by atoms with van der Waals surface area (Å²) in [5.41, 5.74) is 0.249. The maximum atomic E-state index is 12.0. The van der Waals surface area contributed by atoms with E-state index in [0.29, 0.717) is 0 Å². The molecule has 1 aromatic carbocycles. The second kappa shape index (κ2) is 4.84. The van der Waals surface area contributed by atoms with E-state index in [9.17, 15) is 9.59 Å². The Hall–Kier alpha value is -0.770. The largest absolute Gasteiger partial charge is 0.274 e. The third-order valence-corrected chi connectivity index (χ3v) is 3.57. The summed E-state index contributed by atoms with van der Waals surface area (Å²) in [7, 11) is 0. The van der Waals surface area contributed by atoms with E-state index in [4.69, 9.17) is 34.8 Å². The lowest BCUT2D eigenvalue weighted by Crippen LogP contribution is -2.31. The number of rotatable bonds is 2. The molecule has 0 N–H and O–H groups in total. The van der Waals surface area contributed by atoms with Gasteiger partial charge < -0.3 is 0 Å². The smallest absolute Gasteiger partial charge is 0.238 e. The number of carbonyl (C=O) groups is 2. The van der Waals surface area contributed by atoms with Gasteiger partial charge in [-0.2, -0.15) is 0 Å². The highest BCUT2D eigenvalue weighted by Crippen LogP contribution is 2.37. The van der Waals surface area contributed by atoms with Crippen LogP contribution in [0.25, 0.3) is 0 Å². The van der Waals surface area contributed by atoms with Crippen LogP contribution in [0.4, 0.5) is 5.69 Å². The van der Waals surface area contributed by atoms with Crippen LogP contribution in [0.15, 0.2) is 18.2 Å². The van der Waals surface area contributed by atoms with Crippen molar-refractivity contribution in [3.8, 4) is 0 Å². The molecule has 6 heteroatoms. The van der Waals surface area contributed by atoms with Crippen molar-refractivity contribution in [2.75, 3.05) is 10.8 Å². The molecule has 17 heavy (non-hydrogen) atoms. The highest BCUT2D eigenvalue weighted by Gasteiger charge is 2.40. The van der Waals surface area contributed by atoms with Gasteiger partial charge in [-0.3, -0.25) is 9.59 Å². The molecule has 1 unspecified atom stereocenters. The molecule has 90 valence electrons. The molecule has 1 aliphatic rings. The molecule has 0 saturated carbocycles. The molecule has 0 aromatic heterocycles. The number of anilines is 1. The normalized spacial score (nSPS) is 20.2. The number of hydrogen-bond acceptors (Lipinski definition) is 2. The topological polar surface area (TPSA) is 37.4 Å². The molecule has 1 aliphatic heterocycles. The molecule has 2 amide bonds. The molecule has 1 atom stereocenters. The average molecular weight is 293 g/mol. The van der Waals surface area contributed by atoms with Crippen molar-refractivity contribution in [1.82, 2.24) is 0 Å². The van der Waals surface area contributed by atoms with E-state index in [1.165, 1.54) is 0 Å². The molecule has 0 aliphatic carbocycles. The van der Waals surface area contributed by atoms with Gasteiger partial charge in [0.25, 0.3) is 0 Å². The van der Waals surface area contributed by atoms with Crippen molar-refractivity contribution in [2.45, 2.75) is 6.42 Å². The van der Waals surface area contributed by atoms with E-state index in [1.54, 1.807) is 18.2 Å². The molecule has 1 fully saturated rings. The second-order valence-corrected chi connectivity index (χ2v) is 4.82. The summed E-state index contributed by atoms with van der Waals surface area (Å²) in [6.45, 7) is 0. The number of amides is 2. The summed E-state index contributed by atoms with van der Waals surface area (Å²) in [4.78, 5) is 24.8. The fourth-order valence-electron chi connectivity index (χ4n) is 1.75. The Morgan fingerprint density at radius 3 is 2.29 bits per heavy atom. The quantitative estimate of drug-likeness (QED) is 0.620. The summed E-state index contributed by atoms with van der Waals surface area (Å²) >= 11 is 17.6. The number of benzene rings is 1. The Kier molecular flexibility index (Phi) is 3.61. The number of hydrogen-bond donors (Lipinski definition) is 0. The van der Waals surface area contributed by atoms with Gasteiger partial charge in [0.05, 0.1) is 21.7 Å². The zero-order chi connectivity index (χ0) is 12.6. The first-order chi connectivity index (χ1) is 8.06. The molecule has 1 aromatic rings. The number of carbonyl (C=O) groups excluding carboxylic acids is 2.